The summed E-state index contributed by atoms with van der Waals surface area (Å²) in [5.74, 6) is -0.535. The Morgan fingerprint density at radius 2 is 2.11 bits per heavy atom. The summed E-state index contributed by atoms with van der Waals surface area (Å²) in [5.41, 5.74) is 6.20. The normalized spacial score (nSPS) is 13.1. The van der Waals surface area contributed by atoms with Crippen molar-refractivity contribution in [2.45, 2.75) is 13.0 Å². The van der Waals surface area contributed by atoms with Gasteiger partial charge in [0.05, 0.1) is 11.3 Å². The molecular weight excluding hydrogens is 276 g/mol. The first-order valence-electron chi connectivity index (χ1n) is 5.22. The van der Waals surface area contributed by atoms with Crippen LogP contribution in [0.25, 0.3) is 0 Å². The van der Waals surface area contributed by atoms with Crippen molar-refractivity contribution in [1.29, 1.82) is 0 Å². The highest BCUT2D eigenvalue weighted by Gasteiger charge is 2.16. The van der Waals surface area contributed by atoms with Gasteiger partial charge in [0, 0.05) is 23.0 Å². The lowest BCUT2D eigenvalue weighted by Crippen LogP contribution is -2.37. The van der Waals surface area contributed by atoms with Crippen LogP contribution in [0.5, 0.6) is 0 Å². The van der Waals surface area contributed by atoms with Crippen molar-refractivity contribution in [1.82, 2.24) is 5.32 Å². The van der Waals surface area contributed by atoms with Crippen LogP contribution in [0, 0.1) is 0 Å². The Labute approximate surface area is 111 Å². The number of carbonyl (C=O) groups excluding carboxylic acids is 1. The fraction of sp³-hybridized carbons (Fsp3) is 0.364. The largest absolute Gasteiger partial charge is 0.398 e. The van der Waals surface area contributed by atoms with Gasteiger partial charge in [0.2, 0.25) is 0 Å². The monoisotopic (exact) mass is 290 g/mol. The van der Waals surface area contributed by atoms with E-state index in [0.717, 1.165) is 6.26 Å². The number of nitrogens with one attached hydrogen (secondary N) is 1. The Kier molecular flexibility index (Phi) is 4.59. The molecule has 0 saturated carbocycles. The summed E-state index contributed by atoms with van der Waals surface area (Å²) in [7, 11) is -3.14. The van der Waals surface area contributed by atoms with Crippen molar-refractivity contribution in [3.63, 3.8) is 0 Å². The number of anilines is 1. The van der Waals surface area contributed by atoms with E-state index in [1.807, 2.05) is 0 Å². The molecule has 1 atom stereocenters. The lowest BCUT2D eigenvalue weighted by molar-refractivity contribution is 0.0944. The van der Waals surface area contributed by atoms with Gasteiger partial charge >= 0.3 is 0 Å². The Bertz CT molecular complexity index is 557. The van der Waals surface area contributed by atoms with E-state index in [9.17, 15) is 13.2 Å². The van der Waals surface area contributed by atoms with Crippen LogP contribution >= 0.6 is 11.6 Å². The molecule has 0 heterocycles. The molecule has 1 aromatic rings. The number of hydrogen-bond acceptors (Lipinski definition) is 4. The molecule has 0 aromatic heterocycles. The number of benzene rings is 1. The van der Waals surface area contributed by atoms with Crippen molar-refractivity contribution in [3.05, 3.63) is 28.8 Å². The van der Waals surface area contributed by atoms with Crippen LogP contribution in [0.1, 0.15) is 17.3 Å². The maximum absolute atomic E-state index is 11.8. The summed E-state index contributed by atoms with van der Waals surface area (Å²) in [5, 5.41) is 3.01. The Morgan fingerprint density at radius 3 is 2.61 bits per heavy atom. The van der Waals surface area contributed by atoms with Gasteiger partial charge in [-0.25, -0.2) is 8.42 Å². The van der Waals surface area contributed by atoms with Crippen molar-refractivity contribution in [2.75, 3.05) is 17.7 Å². The molecule has 1 unspecified atom stereocenters. The third-order valence-electron chi connectivity index (χ3n) is 2.19. The van der Waals surface area contributed by atoms with Crippen LogP contribution in [0.15, 0.2) is 18.2 Å². The van der Waals surface area contributed by atoms with E-state index in [0.29, 0.717) is 5.02 Å². The number of hydrogen-bond donors (Lipinski definition) is 2. The predicted octanol–water partition coefficient (Wildman–Crippen LogP) is 1.09. The molecule has 0 aliphatic carbocycles. The number of amides is 1. The zero-order valence-electron chi connectivity index (χ0n) is 10.1. The number of rotatable bonds is 4. The van der Waals surface area contributed by atoms with E-state index in [4.69, 9.17) is 17.3 Å². The molecule has 1 aromatic carbocycles. The van der Waals surface area contributed by atoms with Gasteiger partial charge in [0.1, 0.15) is 9.84 Å². The van der Waals surface area contributed by atoms with Crippen molar-refractivity contribution < 1.29 is 13.2 Å². The number of carbonyl (C=O) groups is 1. The van der Waals surface area contributed by atoms with Gasteiger partial charge in [-0.15, -0.1) is 0 Å². The molecule has 100 valence electrons. The molecule has 0 aliphatic heterocycles. The summed E-state index contributed by atoms with van der Waals surface area (Å²) in [4.78, 5) is 11.8. The molecule has 0 spiro atoms. The molecular formula is C11H15ClN2O3S. The first kappa shape index (κ1) is 14.8. The molecule has 3 N–H and O–H groups in total. The van der Waals surface area contributed by atoms with Gasteiger partial charge in [0.25, 0.3) is 5.91 Å². The molecule has 5 nitrogen and oxygen atoms in total. The zero-order valence-corrected chi connectivity index (χ0v) is 11.7. The third kappa shape index (κ3) is 4.54. The van der Waals surface area contributed by atoms with E-state index in [-0.39, 0.29) is 17.0 Å². The number of halogens is 1. The Hall–Kier alpha value is -1.27. The number of sulfone groups is 1. The summed E-state index contributed by atoms with van der Waals surface area (Å²) < 4.78 is 22.2. The summed E-state index contributed by atoms with van der Waals surface area (Å²) in [6.45, 7) is 1.62. The van der Waals surface area contributed by atoms with Gasteiger partial charge in [0.15, 0.2) is 0 Å². The molecule has 0 aliphatic rings. The molecule has 1 amide bonds. The number of nitrogens with two attached hydrogens (primary N) is 1. The van der Waals surface area contributed by atoms with E-state index in [1.165, 1.54) is 12.1 Å². The quantitative estimate of drug-likeness (QED) is 0.812. The van der Waals surface area contributed by atoms with Crippen LogP contribution in [-0.2, 0) is 9.84 Å². The minimum absolute atomic E-state index is 0.119. The fourth-order valence-electron chi connectivity index (χ4n) is 1.54. The summed E-state index contributed by atoms with van der Waals surface area (Å²) >= 11 is 5.72. The second-order valence-electron chi connectivity index (χ2n) is 4.20. The van der Waals surface area contributed by atoms with E-state index >= 15 is 0 Å². The standard InChI is InChI=1S/C11H15ClN2O3S/c1-7(6-18(2,16)17)14-11(15)9-4-3-8(12)5-10(9)13/h3-5,7H,6,13H2,1-2H3,(H,14,15). The SMILES string of the molecule is CC(CS(C)(=O)=O)NC(=O)c1ccc(Cl)cc1N. The van der Waals surface area contributed by atoms with E-state index in [2.05, 4.69) is 5.32 Å². The smallest absolute Gasteiger partial charge is 0.253 e. The highest BCUT2D eigenvalue weighted by molar-refractivity contribution is 7.90. The zero-order chi connectivity index (χ0) is 13.9. The lowest BCUT2D eigenvalue weighted by atomic mass is 10.1. The maximum Gasteiger partial charge on any atom is 0.253 e. The molecule has 0 fully saturated rings. The van der Waals surface area contributed by atoms with E-state index < -0.39 is 21.8 Å². The van der Waals surface area contributed by atoms with Crippen molar-refractivity contribution in [2.24, 2.45) is 0 Å². The van der Waals surface area contributed by atoms with Crippen molar-refractivity contribution in [3.8, 4) is 0 Å². The van der Waals surface area contributed by atoms with Crippen LogP contribution in [0.4, 0.5) is 5.69 Å². The molecule has 1 rings (SSSR count). The van der Waals surface area contributed by atoms with Gasteiger partial charge in [-0.2, -0.15) is 0 Å². The summed E-state index contributed by atoms with van der Waals surface area (Å²) in [6, 6.07) is 4.04. The van der Waals surface area contributed by atoms with Gasteiger partial charge in [-0.1, -0.05) is 11.6 Å². The van der Waals surface area contributed by atoms with Crippen LogP contribution in [0.2, 0.25) is 5.02 Å². The van der Waals surface area contributed by atoms with Crippen LogP contribution in [0.3, 0.4) is 0 Å². The average molecular weight is 291 g/mol. The first-order chi connectivity index (χ1) is 8.19. The topological polar surface area (TPSA) is 89.3 Å². The Balaban J connectivity index is 2.77. The highest BCUT2D eigenvalue weighted by atomic mass is 35.5. The molecule has 7 heteroatoms. The Morgan fingerprint density at radius 1 is 1.50 bits per heavy atom. The van der Waals surface area contributed by atoms with Crippen LogP contribution in [-0.4, -0.2) is 32.4 Å². The predicted molar refractivity (Wildman–Crippen MR) is 72.5 cm³/mol. The number of nitrogen functional groups attached to an aromatic ring is 1. The van der Waals surface area contributed by atoms with Gasteiger partial charge in [-0.05, 0) is 25.1 Å². The van der Waals surface area contributed by atoms with Gasteiger partial charge in [-0.3, -0.25) is 4.79 Å². The third-order valence-corrected chi connectivity index (χ3v) is 3.53. The second-order valence-corrected chi connectivity index (χ2v) is 6.82. The van der Waals surface area contributed by atoms with E-state index in [1.54, 1.807) is 13.0 Å². The minimum atomic E-state index is -3.14. The average Bonchev–Trinajstić information content (AvgIpc) is 2.13. The maximum atomic E-state index is 11.8. The molecule has 0 bridgehead atoms. The first-order valence-corrected chi connectivity index (χ1v) is 7.66. The summed E-state index contributed by atoms with van der Waals surface area (Å²) in [6.07, 6.45) is 1.12. The van der Waals surface area contributed by atoms with Gasteiger partial charge < -0.3 is 11.1 Å². The lowest BCUT2D eigenvalue weighted by Gasteiger charge is -2.13. The molecule has 18 heavy (non-hydrogen) atoms. The highest BCUT2D eigenvalue weighted by Crippen LogP contribution is 2.17. The minimum Gasteiger partial charge on any atom is -0.398 e. The second kappa shape index (κ2) is 5.58. The van der Waals surface area contributed by atoms with Crippen LogP contribution < -0.4 is 11.1 Å². The molecule has 0 saturated heterocycles. The van der Waals surface area contributed by atoms with Crippen molar-refractivity contribution >= 4 is 33.0 Å². The molecule has 0 radical (unpaired) electrons. The fourth-order valence-corrected chi connectivity index (χ4v) is 2.71.